The Morgan fingerprint density at radius 2 is 2.10 bits per heavy atom. The van der Waals surface area contributed by atoms with Gasteiger partial charge in [-0.1, -0.05) is 25.1 Å². The van der Waals surface area contributed by atoms with Crippen LogP contribution in [0.15, 0.2) is 28.7 Å². The smallest absolute Gasteiger partial charge is 0.134 e. The van der Waals surface area contributed by atoms with Crippen molar-refractivity contribution >= 4 is 11.0 Å². The van der Waals surface area contributed by atoms with Crippen molar-refractivity contribution in [1.82, 2.24) is 10.2 Å². The molecule has 0 aliphatic rings. The molecule has 2 rings (SSSR count). The van der Waals surface area contributed by atoms with Gasteiger partial charge in [0.2, 0.25) is 0 Å². The minimum absolute atomic E-state index is 0.784. The molecular formula is C17H26N2O2. The van der Waals surface area contributed by atoms with Crippen LogP contribution < -0.4 is 5.32 Å². The van der Waals surface area contributed by atoms with Crippen molar-refractivity contribution in [2.45, 2.75) is 26.4 Å². The van der Waals surface area contributed by atoms with Gasteiger partial charge in [-0.25, -0.2) is 0 Å². The first kappa shape index (κ1) is 16.0. The van der Waals surface area contributed by atoms with E-state index in [2.05, 4.69) is 36.3 Å². The van der Waals surface area contributed by atoms with Crippen LogP contribution in [0.3, 0.4) is 0 Å². The van der Waals surface area contributed by atoms with E-state index >= 15 is 0 Å². The molecule has 0 aliphatic carbocycles. The summed E-state index contributed by atoms with van der Waals surface area (Å²) in [6.45, 7) is 6.57. The number of furan rings is 1. The molecule has 2 aromatic rings. The van der Waals surface area contributed by atoms with Crippen LogP contribution in [0, 0.1) is 0 Å². The number of nitrogens with one attached hydrogen (secondary N) is 1. The van der Waals surface area contributed by atoms with Crippen LogP contribution in [-0.4, -0.2) is 38.8 Å². The van der Waals surface area contributed by atoms with Crippen LogP contribution in [0.2, 0.25) is 0 Å². The molecule has 21 heavy (non-hydrogen) atoms. The number of methoxy groups -OCH3 is 1. The molecule has 4 heteroatoms. The van der Waals surface area contributed by atoms with Gasteiger partial charge in [0, 0.05) is 37.8 Å². The van der Waals surface area contributed by atoms with Crippen molar-refractivity contribution in [3.05, 3.63) is 35.6 Å². The summed E-state index contributed by atoms with van der Waals surface area (Å²) in [6.07, 6.45) is 1.05. The van der Waals surface area contributed by atoms with Gasteiger partial charge < -0.3 is 19.4 Å². The lowest BCUT2D eigenvalue weighted by atomic mass is 10.1. The van der Waals surface area contributed by atoms with Crippen molar-refractivity contribution in [1.29, 1.82) is 0 Å². The second-order valence-electron chi connectivity index (χ2n) is 5.36. The number of rotatable bonds is 9. The lowest BCUT2D eigenvalue weighted by Crippen LogP contribution is -2.21. The Bertz CT molecular complexity index is 551. The van der Waals surface area contributed by atoms with Crippen molar-refractivity contribution in [3.63, 3.8) is 0 Å². The fourth-order valence-electron chi connectivity index (χ4n) is 2.53. The molecule has 0 saturated carbocycles. The summed E-state index contributed by atoms with van der Waals surface area (Å²) in [4.78, 5) is 2.33. The Morgan fingerprint density at radius 3 is 2.86 bits per heavy atom. The quantitative estimate of drug-likeness (QED) is 0.720. The Morgan fingerprint density at radius 1 is 1.29 bits per heavy atom. The first-order chi connectivity index (χ1) is 10.3. The first-order valence-electron chi connectivity index (χ1n) is 7.63. The van der Waals surface area contributed by atoms with E-state index < -0.39 is 0 Å². The number of fused-ring (bicyclic) bond motifs is 1. The van der Waals surface area contributed by atoms with Gasteiger partial charge in [0.05, 0.1) is 6.54 Å². The molecular weight excluding hydrogens is 264 g/mol. The van der Waals surface area contributed by atoms with E-state index in [0.717, 1.165) is 50.5 Å². The molecule has 0 amide bonds. The van der Waals surface area contributed by atoms with Crippen LogP contribution >= 0.6 is 0 Å². The normalized spacial score (nSPS) is 11.6. The third kappa shape index (κ3) is 4.30. The van der Waals surface area contributed by atoms with Gasteiger partial charge in [0.15, 0.2) is 0 Å². The molecule has 1 aromatic carbocycles. The van der Waals surface area contributed by atoms with Crippen molar-refractivity contribution < 1.29 is 9.15 Å². The van der Waals surface area contributed by atoms with E-state index in [0.29, 0.717) is 0 Å². The van der Waals surface area contributed by atoms with Gasteiger partial charge in [-0.05, 0) is 26.1 Å². The lowest BCUT2D eigenvalue weighted by Gasteiger charge is -2.16. The fraction of sp³-hybridized carbons (Fsp3) is 0.529. The lowest BCUT2D eigenvalue weighted by molar-refractivity contribution is 0.178. The maximum absolute atomic E-state index is 6.01. The maximum atomic E-state index is 6.01. The summed E-state index contributed by atoms with van der Waals surface area (Å²) in [5.41, 5.74) is 2.28. The zero-order valence-corrected chi connectivity index (χ0v) is 13.3. The van der Waals surface area contributed by atoms with E-state index in [-0.39, 0.29) is 0 Å². The van der Waals surface area contributed by atoms with Crippen LogP contribution in [0.4, 0.5) is 0 Å². The molecule has 0 bridgehead atoms. The highest BCUT2D eigenvalue weighted by Crippen LogP contribution is 2.27. The van der Waals surface area contributed by atoms with E-state index in [9.17, 15) is 0 Å². The van der Waals surface area contributed by atoms with Crippen molar-refractivity contribution in [3.8, 4) is 0 Å². The van der Waals surface area contributed by atoms with E-state index in [1.54, 1.807) is 7.11 Å². The van der Waals surface area contributed by atoms with Gasteiger partial charge in [-0.2, -0.15) is 0 Å². The van der Waals surface area contributed by atoms with Gasteiger partial charge in [-0.3, -0.25) is 0 Å². The first-order valence-corrected chi connectivity index (χ1v) is 7.63. The molecule has 0 atom stereocenters. The van der Waals surface area contributed by atoms with Crippen molar-refractivity contribution in [2.24, 2.45) is 0 Å². The predicted octanol–water partition coefficient (Wildman–Crippen LogP) is 3.01. The summed E-state index contributed by atoms with van der Waals surface area (Å²) in [6, 6.07) is 8.28. The minimum Gasteiger partial charge on any atom is -0.459 e. The zero-order valence-electron chi connectivity index (χ0n) is 13.3. The summed E-state index contributed by atoms with van der Waals surface area (Å²) in [5.74, 6) is 1.05. The Balaban J connectivity index is 2.15. The van der Waals surface area contributed by atoms with Gasteiger partial charge >= 0.3 is 0 Å². The summed E-state index contributed by atoms with van der Waals surface area (Å²) < 4.78 is 11.1. The SMILES string of the molecule is CCNCc1oc2ccccc2c1CN(C)CCCOC. The highest BCUT2D eigenvalue weighted by atomic mass is 16.5. The van der Waals surface area contributed by atoms with E-state index in [1.807, 2.05) is 12.1 Å². The zero-order chi connectivity index (χ0) is 15.1. The third-order valence-electron chi connectivity index (χ3n) is 3.63. The average molecular weight is 290 g/mol. The number of hydrogen-bond acceptors (Lipinski definition) is 4. The molecule has 0 fully saturated rings. The fourth-order valence-corrected chi connectivity index (χ4v) is 2.53. The molecule has 1 aromatic heterocycles. The topological polar surface area (TPSA) is 37.6 Å². The van der Waals surface area contributed by atoms with E-state index in [1.165, 1.54) is 10.9 Å². The monoisotopic (exact) mass is 290 g/mol. The van der Waals surface area contributed by atoms with Gasteiger partial charge in [0.1, 0.15) is 11.3 Å². The highest BCUT2D eigenvalue weighted by molar-refractivity contribution is 5.82. The Kier molecular flexibility index (Phi) is 6.23. The molecule has 0 saturated heterocycles. The largest absolute Gasteiger partial charge is 0.459 e. The third-order valence-corrected chi connectivity index (χ3v) is 3.63. The minimum atomic E-state index is 0.784. The van der Waals surface area contributed by atoms with Crippen LogP contribution in [0.5, 0.6) is 0 Å². The number of para-hydroxylation sites is 1. The van der Waals surface area contributed by atoms with Crippen LogP contribution in [0.1, 0.15) is 24.7 Å². The predicted molar refractivity (Wildman–Crippen MR) is 86.4 cm³/mol. The molecule has 1 N–H and O–H groups in total. The molecule has 1 heterocycles. The summed E-state index contributed by atoms with van der Waals surface area (Å²) in [5, 5.41) is 4.59. The number of nitrogens with zero attached hydrogens (tertiary/aromatic N) is 1. The molecule has 116 valence electrons. The van der Waals surface area contributed by atoms with E-state index in [4.69, 9.17) is 9.15 Å². The molecule has 0 radical (unpaired) electrons. The maximum Gasteiger partial charge on any atom is 0.134 e. The standard InChI is InChI=1S/C17H26N2O2/c1-4-18-12-17-15(13-19(2)10-7-11-20-3)14-8-5-6-9-16(14)21-17/h5-6,8-9,18H,4,7,10-13H2,1-3H3. The van der Waals surface area contributed by atoms with Crippen LogP contribution in [0.25, 0.3) is 11.0 Å². The summed E-state index contributed by atoms with van der Waals surface area (Å²) in [7, 11) is 3.90. The number of benzene rings is 1. The molecule has 0 unspecified atom stereocenters. The van der Waals surface area contributed by atoms with Crippen LogP contribution in [-0.2, 0) is 17.8 Å². The number of hydrogen-bond donors (Lipinski definition) is 1. The molecule has 4 nitrogen and oxygen atoms in total. The Labute approximate surface area is 127 Å². The van der Waals surface area contributed by atoms with Gasteiger partial charge in [-0.15, -0.1) is 0 Å². The molecule has 0 spiro atoms. The second-order valence-corrected chi connectivity index (χ2v) is 5.36. The average Bonchev–Trinajstić information content (AvgIpc) is 2.83. The van der Waals surface area contributed by atoms with Crippen molar-refractivity contribution in [2.75, 3.05) is 33.9 Å². The summed E-state index contributed by atoms with van der Waals surface area (Å²) >= 11 is 0. The number of ether oxygens (including phenoxy) is 1. The van der Waals surface area contributed by atoms with Gasteiger partial charge in [0.25, 0.3) is 0 Å². The Hall–Kier alpha value is -1.36. The molecule has 0 aliphatic heterocycles. The highest BCUT2D eigenvalue weighted by Gasteiger charge is 2.14. The second kappa shape index (κ2) is 8.17.